The van der Waals surface area contributed by atoms with Crippen LogP contribution in [-0.4, -0.2) is 17.0 Å². The highest BCUT2D eigenvalue weighted by molar-refractivity contribution is 6.35. The van der Waals surface area contributed by atoms with Crippen LogP contribution in [0.15, 0.2) is 54.3 Å². The Kier molecular flexibility index (Phi) is 4.83. The summed E-state index contributed by atoms with van der Waals surface area (Å²) < 4.78 is 0. The van der Waals surface area contributed by atoms with Crippen molar-refractivity contribution in [2.45, 2.75) is 6.04 Å². The molecule has 0 bridgehead atoms. The van der Waals surface area contributed by atoms with E-state index in [2.05, 4.69) is 16.0 Å². The number of aliphatic hydroxyl groups is 1. The molecular formula is C17H13Cl2N3O3. The number of para-hydroxylation sites is 1. The van der Waals surface area contributed by atoms with E-state index in [0.717, 1.165) is 0 Å². The van der Waals surface area contributed by atoms with Crippen LogP contribution in [0, 0.1) is 0 Å². The molecule has 2 aromatic rings. The molecule has 25 heavy (non-hydrogen) atoms. The summed E-state index contributed by atoms with van der Waals surface area (Å²) in [5, 5.41) is 18.4. The second-order valence-corrected chi connectivity index (χ2v) is 6.14. The van der Waals surface area contributed by atoms with Gasteiger partial charge in [-0.05, 0) is 30.3 Å². The van der Waals surface area contributed by atoms with Crippen molar-refractivity contribution < 1.29 is 14.7 Å². The smallest absolute Gasteiger partial charge is 0.320 e. The van der Waals surface area contributed by atoms with Crippen LogP contribution < -0.4 is 16.0 Å². The predicted octanol–water partition coefficient (Wildman–Crippen LogP) is 4.25. The number of carbonyl (C=O) groups excluding carboxylic acids is 2. The predicted molar refractivity (Wildman–Crippen MR) is 97.1 cm³/mol. The first-order chi connectivity index (χ1) is 11.9. The van der Waals surface area contributed by atoms with E-state index in [-0.39, 0.29) is 0 Å². The number of urea groups is 1. The molecule has 3 rings (SSSR count). The lowest BCUT2D eigenvalue weighted by molar-refractivity contribution is -0.115. The van der Waals surface area contributed by atoms with E-state index in [1.165, 1.54) is 12.1 Å². The quantitative estimate of drug-likeness (QED) is 0.630. The highest BCUT2D eigenvalue weighted by Gasteiger charge is 2.23. The lowest BCUT2D eigenvalue weighted by Crippen LogP contribution is -2.32. The highest BCUT2D eigenvalue weighted by Crippen LogP contribution is 2.29. The zero-order chi connectivity index (χ0) is 18.0. The Morgan fingerprint density at radius 3 is 2.72 bits per heavy atom. The van der Waals surface area contributed by atoms with Crippen LogP contribution in [0.3, 0.4) is 0 Å². The van der Waals surface area contributed by atoms with Crippen LogP contribution in [0.2, 0.25) is 10.0 Å². The molecule has 8 heteroatoms. The van der Waals surface area contributed by atoms with Crippen LogP contribution in [0.4, 0.5) is 16.2 Å². The normalized spacial score (nSPS) is 16.2. The second kappa shape index (κ2) is 7.04. The lowest BCUT2D eigenvalue weighted by atomic mass is 10.1. The molecular weight excluding hydrogens is 365 g/mol. The van der Waals surface area contributed by atoms with Gasteiger partial charge in [0.1, 0.15) is 0 Å². The summed E-state index contributed by atoms with van der Waals surface area (Å²) >= 11 is 11.9. The number of fused-ring (bicyclic) bond motifs is 1. The minimum Gasteiger partial charge on any atom is -0.503 e. The van der Waals surface area contributed by atoms with E-state index in [9.17, 15) is 14.7 Å². The third-order valence-corrected chi connectivity index (χ3v) is 4.13. The maximum absolute atomic E-state index is 12.3. The molecule has 1 aliphatic rings. The Labute approximate surface area is 153 Å². The molecule has 2 aromatic carbocycles. The number of carbonyl (C=O) groups is 2. The number of rotatable bonds is 2. The van der Waals surface area contributed by atoms with Crippen LogP contribution in [0.1, 0.15) is 11.6 Å². The molecule has 1 aliphatic heterocycles. The fraction of sp³-hybridized carbons (Fsp3) is 0.0588. The Morgan fingerprint density at radius 1 is 1.16 bits per heavy atom. The number of hydrogen-bond donors (Lipinski definition) is 4. The number of aliphatic hydroxyl groups excluding tert-OH is 1. The minimum atomic E-state index is -0.715. The molecule has 0 aliphatic carbocycles. The molecule has 1 unspecified atom stereocenters. The van der Waals surface area contributed by atoms with Gasteiger partial charge in [-0.15, -0.1) is 0 Å². The van der Waals surface area contributed by atoms with Crippen molar-refractivity contribution in [2.75, 3.05) is 10.6 Å². The molecule has 0 spiro atoms. The minimum absolute atomic E-state index is 0.330. The Morgan fingerprint density at radius 2 is 1.92 bits per heavy atom. The van der Waals surface area contributed by atoms with Crippen molar-refractivity contribution in [3.05, 3.63) is 69.9 Å². The maximum Gasteiger partial charge on any atom is 0.320 e. The Balaban J connectivity index is 1.84. The summed E-state index contributed by atoms with van der Waals surface area (Å²) in [6.45, 7) is 0. The van der Waals surface area contributed by atoms with Gasteiger partial charge in [0.05, 0.1) is 16.8 Å². The summed E-state index contributed by atoms with van der Waals surface area (Å²) in [5.74, 6) is -1.13. The fourth-order valence-corrected chi connectivity index (χ4v) is 2.74. The first kappa shape index (κ1) is 17.1. The molecule has 0 radical (unpaired) electrons. The molecule has 1 atom stereocenters. The molecule has 0 saturated heterocycles. The van der Waals surface area contributed by atoms with E-state index in [4.69, 9.17) is 23.2 Å². The average molecular weight is 378 g/mol. The van der Waals surface area contributed by atoms with Crippen LogP contribution in [-0.2, 0) is 4.79 Å². The Bertz CT molecular complexity index is 883. The van der Waals surface area contributed by atoms with E-state index >= 15 is 0 Å². The summed E-state index contributed by atoms with van der Waals surface area (Å²) in [6, 6.07) is 10.3. The van der Waals surface area contributed by atoms with Crippen molar-refractivity contribution in [3.63, 3.8) is 0 Å². The van der Waals surface area contributed by atoms with Gasteiger partial charge in [-0.3, -0.25) is 4.79 Å². The molecule has 0 aromatic heterocycles. The van der Waals surface area contributed by atoms with Crippen LogP contribution in [0.5, 0.6) is 0 Å². The SMILES string of the molecule is O=C(Nc1cc(Cl)ccc1Cl)NC1C=C(O)C(=O)Nc2ccccc21. The highest BCUT2D eigenvalue weighted by atomic mass is 35.5. The molecule has 6 nitrogen and oxygen atoms in total. The molecule has 128 valence electrons. The summed E-state index contributed by atoms with van der Waals surface area (Å²) in [7, 11) is 0. The van der Waals surface area contributed by atoms with Crippen molar-refractivity contribution in [2.24, 2.45) is 0 Å². The van der Waals surface area contributed by atoms with Crippen LogP contribution in [0.25, 0.3) is 0 Å². The standard InChI is InChI=1S/C17H13Cl2N3O3/c18-9-5-6-11(19)14(7-9)22-17(25)21-13-8-15(23)16(24)20-12-4-2-1-3-10(12)13/h1-8,13,23H,(H,20,24)(H2,21,22,25). The van der Waals surface area contributed by atoms with Gasteiger partial charge in [-0.2, -0.15) is 0 Å². The second-order valence-electron chi connectivity index (χ2n) is 5.29. The molecule has 0 saturated carbocycles. The zero-order valence-electron chi connectivity index (χ0n) is 12.7. The monoisotopic (exact) mass is 377 g/mol. The first-order valence-electron chi connectivity index (χ1n) is 7.27. The van der Waals surface area contributed by atoms with Gasteiger partial charge in [0.2, 0.25) is 0 Å². The van der Waals surface area contributed by atoms with Crippen molar-refractivity contribution in [1.29, 1.82) is 0 Å². The molecule has 4 N–H and O–H groups in total. The van der Waals surface area contributed by atoms with Crippen LogP contribution >= 0.6 is 23.2 Å². The van der Waals surface area contributed by atoms with E-state index in [1.54, 1.807) is 36.4 Å². The van der Waals surface area contributed by atoms with Gasteiger partial charge in [0.15, 0.2) is 5.76 Å². The lowest BCUT2D eigenvalue weighted by Gasteiger charge is -2.17. The van der Waals surface area contributed by atoms with Gasteiger partial charge < -0.3 is 21.1 Å². The van der Waals surface area contributed by atoms with E-state index < -0.39 is 23.7 Å². The van der Waals surface area contributed by atoms with Gasteiger partial charge >= 0.3 is 6.03 Å². The summed E-state index contributed by atoms with van der Waals surface area (Å²) in [5.41, 5.74) is 1.47. The molecule has 1 heterocycles. The number of benzene rings is 2. The number of anilines is 2. The summed E-state index contributed by atoms with van der Waals surface area (Å²) in [4.78, 5) is 24.1. The van der Waals surface area contributed by atoms with E-state index in [1.807, 2.05) is 0 Å². The topological polar surface area (TPSA) is 90.5 Å². The average Bonchev–Trinajstić information content (AvgIpc) is 2.68. The third-order valence-electron chi connectivity index (χ3n) is 3.56. The number of hydrogen-bond acceptors (Lipinski definition) is 3. The zero-order valence-corrected chi connectivity index (χ0v) is 14.2. The fourth-order valence-electron chi connectivity index (χ4n) is 2.40. The van der Waals surface area contributed by atoms with Crippen molar-refractivity contribution in [3.8, 4) is 0 Å². The number of nitrogens with one attached hydrogen (secondary N) is 3. The van der Waals surface area contributed by atoms with E-state index in [0.29, 0.717) is 27.0 Å². The van der Waals surface area contributed by atoms with Gasteiger partial charge in [0.25, 0.3) is 5.91 Å². The first-order valence-corrected chi connectivity index (χ1v) is 8.03. The number of amides is 3. The Hall–Kier alpha value is -2.70. The van der Waals surface area contributed by atoms with Crippen molar-refractivity contribution in [1.82, 2.24) is 5.32 Å². The largest absolute Gasteiger partial charge is 0.503 e. The molecule has 0 fully saturated rings. The van der Waals surface area contributed by atoms with Gasteiger partial charge in [0, 0.05) is 16.3 Å². The third kappa shape index (κ3) is 3.87. The number of halogens is 2. The summed E-state index contributed by atoms with van der Waals surface area (Å²) in [6.07, 6.45) is 1.26. The maximum atomic E-state index is 12.3. The van der Waals surface area contributed by atoms with Crippen molar-refractivity contribution >= 4 is 46.5 Å². The van der Waals surface area contributed by atoms with Gasteiger partial charge in [-0.1, -0.05) is 41.4 Å². The molecule has 3 amide bonds. The van der Waals surface area contributed by atoms with Gasteiger partial charge in [-0.25, -0.2) is 4.79 Å².